The Labute approximate surface area is 150 Å². The van der Waals surface area contributed by atoms with Crippen molar-refractivity contribution in [2.45, 2.75) is 48.6 Å². The molecule has 1 heterocycles. The average Bonchev–Trinajstić information content (AvgIpc) is 2.49. The highest BCUT2D eigenvalue weighted by atomic mass is 35.5. The minimum Gasteiger partial charge on any atom is -0.313 e. The number of aryl methyl sites for hydroxylation is 1. The van der Waals surface area contributed by atoms with Crippen molar-refractivity contribution in [3.63, 3.8) is 0 Å². The minimum absolute atomic E-state index is 0. The van der Waals surface area contributed by atoms with Crippen LogP contribution in [-0.4, -0.2) is 42.5 Å². The molecular weight excluding hydrogens is 374 g/mol. The summed E-state index contributed by atoms with van der Waals surface area (Å²) in [5, 5.41) is 3.24. The van der Waals surface area contributed by atoms with Crippen molar-refractivity contribution in [1.29, 1.82) is 0 Å². The summed E-state index contributed by atoms with van der Waals surface area (Å²) < 4.78 is 53.7. The van der Waals surface area contributed by atoms with Gasteiger partial charge in [0.2, 0.25) is 20.0 Å². The fraction of sp³-hybridized carbons (Fsp3) is 0.571. The molecule has 1 fully saturated rings. The predicted octanol–water partition coefficient (Wildman–Crippen LogP) is 0.744. The second-order valence-corrected chi connectivity index (χ2v) is 9.32. The summed E-state index contributed by atoms with van der Waals surface area (Å²) in [6, 6.07) is 3.91. The zero-order valence-corrected chi connectivity index (χ0v) is 16.3. The maximum atomic E-state index is 12.5. The summed E-state index contributed by atoms with van der Waals surface area (Å²) in [4.78, 5) is 0.148. The lowest BCUT2D eigenvalue weighted by Gasteiger charge is -2.30. The first kappa shape index (κ1) is 21.3. The molecule has 0 spiro atoms. The van der Waals surface area contributed by atoms with E-state index < -0.39 is 20.0 Å². The van der Waals surface area contributed by atoms with Gasteiger partial charge in [-0.2, -0.15) is 0 Å². The van der Waals surface area contributed by atoms with Crippen molar-refractivity contribution >= 4 is 32.5 Å². The molecule has 2 atom stereocenters. The molecule has 3 N–H and O–H groups in total. The Hall–Kier alpha value is -0.710. The first-order chi connectivity index (χ1) is 10.7. The van der Waals surface area contributed by atoms with Gasteiger partial charge >= 0.3 is 0 Å². The number of nitrogens with one attached hydrogen (secondary N) is 3. The Kier molecular flexibility index (Phi) is 7.21. The van der Waals surface area contributed by atoms with Gasteiger partial charge in [0.15, 0.2) is 0 Å². The van der Waals surface area contributed by atoms with Crippen molar-refractivity contribution in [2.75, 3.05) is 13.6 Å². The quantitative estimate of drug-likeness (QED) is 0.679. The Morgan fingerprint density at radius 1 is 1.17 bits per heavy atom. The first-order valence-electron chi connectivity index (χ1n) is 7.47. The van der Waals surface area contributed by atoms with Crippen molar-refractivity contribution in [2.24, 2.45) is 0 Å². The molecule has 0 aliphatic carbocycles. The molecule has 1 aromatic carbocycles. The van der Waals surface area contributed by atoms with E-state index in [1.54, 1.807) is 6.92 Å². The smallest absolute Gasteiger partial charge is 0.240 e. The molecule has 1 aliphatic heterocycles. The number of hydrogen-bond donors (Lipinski definition) is 3. The monoisotopic (exact) mass is 397 g/mol. The van der Waals surface area contributed by atoms with Crippen LogP contribution < -0.4 is 14.8 Å². The van der Waals surface area contributed by atoms with Crippen LogP contribution in [0, 0.1) is 6.92 Å². The molecule has 0 amide bonds. The van der Waals surface area contributed by atoms with Gasteiger partial charge in [-0.3, -0.25) is 0 Å². The van der Waals surface area contributed by atoms with Crippen LogP contribution in [0.3, 0.4) is 0 Å². The second-order valence-electron chi connectivity index (χ2n) is 5.75. The Balaban J connectivity index is 0.00000288. The van der Waals surface area contributed by atoms with Crippen molar-refractivity contribution < 1.29 is 16.8 Å². The highest BCUT2D eigenvalue weighted by Crippen LogP contribution is 2.20. The van der Waals surface area contributed by atoms with Gasteiger partial charge in [0, 0.05) is 12.1 Å². The third-order valence-corrected chi connectivity index (χ3v) is 7.15. The molecule has 2 unspecified atom stereocenters. The van der Waals surface area contributed by atoms with Crippen LogP contribution in [0.2, 0.25) is 0 Å². The highest BCUT2D eigenvalue weighted by Gasteiger charge is 2.27. The SMILES string of the molecule is CNS(=O)(=O)c1ccc(S(=O)(=O)NC2CCCNC2C)cc1C.Cl. The lowest BCUT2D eigenvalue weighted by molar-refractivity contribution is 0.349. The molecule has 1 aromatic rings. The molecule has 24 heavy (non-hydrogen) atoms. The predicted molar refractivity (Wildman–Crippen MR) is 95.5 cm³/mol. The summed E-state index contributed by atoms with van der Waals surface area (Å²) in [6.45, 7) is 4.41. The zero-order chi connectivity index (χ0) is 17.3. The maximum Gasteiger partial charge on any atom is 0.240 e. The van der Waals surface area contributed by atoms with E-state index in [2.05, 4.69) is 14.8 Å². The van der Waals surface area contributed by atoms with Crippen molar-refractivity contribution in [1.82, 2.24) is 14.8 Å². The number of piperidine rings is 1. The molecule has 10 heteroatoms. The Morgan fingerprint density at radius 3 is 2.38 bits per heavy atom. The minimum atomic E-state index is -3.69. The number of hydrogen-bond acceptors (Lipinski definition) is 5. The topological polar surface area (TPSA) is 104 Å². The standard InChI is InChI=1S/C14H23N3O4S2.ClH/c1-10-9-12(6-7-14(10)23(20,21)15-3)22(18,19)17-13-5-4-8-16-11(13)2;/h6-7,9,11,13,15-17H,4-5,8H2,1-3H3;1H. The summed E-state index contributed by atoms with van der Waals surface area (Å²) in [6.07, 6.45) is 1.69. The van der Waals surface area contributed by atoms with Crippen molar-refractivity contribution in [3.8, 4) is 0 Å². The molecular formula is C14H24ClN3O4S2. The van der Waals surface area contributed by atoms with E-state index in [0.29, 0.717) is 5.56 Å². The Morgan fingerprint density at radius 2 is 1.83 bits per heavy atom. The number of halogens is 1. The molecule has 138 valence electrons. The van der Waals surface area contributed by atoms with Crippen LogP contribution >= 0.6 is 12.4 Å². The molecule has 1 aliphatic rings. The van der Waals surface area contributed by atoms with Crippen LogP contribution in [0.25, 0.3) is 0 Å². The largest absolute Gasteiger partial charge is 0.313 e. The third-order valence-electron chi connectivity index (χ3n) is 4.08. The number of benzene rings is 1. The molecule has 0 radical (unpaired) electrons. The zero-order valence-electron chi connectivity index (χ0n) is 13.9. The molecule has 7 nitrogen and oxygen atoms in total. The maximum absolute atomic E-state index is 12.5. The number of rotatable bonds is 5. The number of sulfonamides is 2. The Bertz CT molecular complexity index is 781. The average molecular weight is 398 g/mol. The molecule has 0 saturated carbocycles. The van der Waals surface area contributed by atoms with E-state index in [9.17, 15) is 16.8 Å². The first-order valence-corrected chi connectivity index (χ1v) is 10.4. The summed E-state index contributed by atoms with van der Waals surface area (Å²) in [7, 11) is -5.97. The van der Waals surface area contributed by atoms with E-state index in [0.717, 1.165) is 19.4 Å². The van der Waals surface area contributed by atoms with E-state index in [-0.39, 0.29) is 34.3 Å². The summed E-state index contributed by atoms with van der Waals surface area (Å²) in [5.41, 5.74) is 0.386. The molecule has 0 aromatic heterocycles. The third kappa shape index (κ3) is 4.68. The lowest BCUT2D eigenvalue weighted by Crippen LogP contribution is -2.51. The van der Waals surface area contributed by atoms with E-state index >= 15 is 0 Å². The summed E-state index contributed by atoms with van der Waals surface area (Å²) in [5.74, 6) is 0. The van der Waals surface area contributed by atoms with Gasteiger partial charge in [-0.25, -0.2) is 26.3 Å². The molecule has 2 rings (SSSR count). The van der Waals surface area contributed by atoms with Gasteiger partial charge in [0.25, 0.3) is 0 Å². The molecule has 0 bridgehead atoms. The fourth-order valence-corrected chi connectivity index (χ4v) is 5.06. The fourth-order valence-electron chi connectivity index (χ4n) is 2.67. The van der Waals surface area contributed by atoms with Crippen molar-refractivity contribution in [3.05, 3.63) is 23.8 Å². The van der Waals surface area contributed by atoms with Gasteiger partial charge < -0.3 is 5.32 Å². The molecule has 1 saturated heterocycles. The van der Waals surface area contributed by atoms with E-state index in [1.165, 1.54) is 25.2 Å². The lowest BCUT2D eigenvalue weighted by atomic mass is 10.0. The van der Waals surface area contributed by atoms with Gasteiger partial charge in [0.1, 0.15) is 0 Å². The highest BCUT2D eigenvalue weighted by molar-refractivity contribution is 7.90. The van der Waals surface area contributed by atoms with Gasteiger partial charge in [-0.05, 0) is 64.0 Å². The van der Waals surface area contributed by atoms with Crippen LogP contribution in [0.1, 0.15) is 25.3 Å². The van der Waals surface area contributed by atoms with Crippen LogP contribution in [0.5, 0.6) is 0 Å². The second kappa shape index (κ2) is 8.11. The summed E-state index contributed by atoms with van der Waals surface area (Å²) >= 11 is 0. The van der Waals surface area contributed by atoms with Crippen LogP contribution in [0.15, 0.2) is 28.0 Å². The van der Waals surface area contributed by atoms with Gasteiger partial charge in [0.05, 0.1) is 9.79 Å². The van der Waals surface area contributed by atoms with E-state index in [1.807, 2.05) is 6.92 Å². The van der Waals surface area contributed by atoms with Crippen LogP contribution in [0.4, 0.5) is 0 Å². The van der Waals surface area contributed by atoms with Gasteiger partial charge in [-0.15, -0.1) is 12.4 Å². The van der Waals surface area contributed by atoms with Gasteiger partial charge in [-0.1, -0.05) is 0 Å². The van der Waals surface area contributed by atoms with Crippen LogP contribution in [-0.2, 0) is 20.0 Å². The normalized spacial score (nSPS) is 22.0. The van der Waals surface area contributed by atoms with E-state index in [4.69, 9.17) is 0 Å².